The number of fused-ring (bicyclic) bond motifs is 1. The SMILES string of the molecule is Cc1cccc(-c2nc(N3CCOCC3)nc3nn(C(C)(C)C)c(N)c23)c1. The summed E-state index contributed by atoms with van der Waals surface area (Å²) in [6.07, 6.45) is 0. The number of benzene rings is 1. The van der Waals surface area contributed by atoms with Gasteiger partial charge in [-0.05, 0) is 33.8 Å². The van der Waals surface area contributed by atoms with Gasteiger partial charge in [0.25, 0.3) is 0 Å². The maximum atomic E-state index is 6.52. The number of nitrogens with two attached hydrogens (primary N) is 1. The summed E-state index contributed by atoms with van der Waals surface area (Å²) in [5.74, 6) is 1.28. The van der Waals surface area contributed by atoms with Crippen molar-refractivity contribution >= 4 is 22.8 Å². The van der Waals surface area contributed by atoms with Crippen molar-refractivity contribution in [3.63, 3.8) is 0 Å². The molecule has 0 bridgehead atoms. The second kappa shape index (κ2) is 6.49. The van der Waals surface area contributed by atoms with Crippen LogP contribution in [0.1, 0.15) is 26.3 Å². The molecule has 0 saturated carbocycles. The quantitative estimate of drug-likeness (QED) is 0.751. The molecule has 1 saturated heterocycles. The van der Waals surface area contributed by atoms with Gasteiger partial charge >= 0.3 is 0 Å². The summed E-state index contributed by atoms with van der Waals surface area (Å²) < 4.78 is 7.31. The number of anilines is 2. The molecule has 0 atom stereocenters. The molecule has 3 aromatic rings. The van der Waals surface area contributed by atoms with Gasteiger partial charge in [-0.2, -0.15) is 4.98 Å². The zero-order valence-corrected chi connectivity index (χ0v) is 16.4. The van der Waals surface area contributed by atoms with Crippen LogP contribution < -0.4 is 10.6 Å². The van der Waals surface area contributed by atoms with Crippen LogP contribution in [0.15, 0.2) is 24.3 Å². The molecule has 1 aliphatic heterocycles. The maximum Gasteiger partial charge on any atom is 0.228 e. The molecular formula is C20H26N6O. The van der Waals surface area contributed by atoms with E-state index in [-0.39, 0.29) is 5.54 Å². The predicted molar refractivity (Wildman–Crippen MR) is 108 cm³/mol. The van der Waals surface area contributed by atoms with Crippen molar-refractivity contribution in [2.75, 3.05) is 36.9 Å². The topological polar surface area (TPSA) is 82.1 Å². The second-order valence-electron chi connectivity index (χ2n) is 8.01. The van der Waals surface area contributed by atoms with Gasteiger partial charge in [-0.25, -0.2) is 9.67 Å². The Labute approximate surface area is 159 Å². The Kier molecular flexibility index (Phi) is 4.26. The molecule has 4 rings (SSSR count). The van der Waals surface area contributed by atoms with Gasteiger partial charge in [0.05, 0.1) is 29.8 Å². The van der Waals surface area contributed by atoms with Crippen molar-refractivity contribution in [1.29, 1.82) is 0 Å². The van der Waals surface area contributed by atoms with E-state index in [2.05, 4.69) is 50.8 Å². The zero-order valence-electron chi connectivity index (χ0n) is 16.4. The third-order valence-corrected chi connectivity index (χ3v) is 4.78. The minimum atomic E-state index is -0.242. The molecule has 7 nitrogen and oxygen atoms in total. The van der Waals surface area contributed by atoms with Gasteiger partial charge in [0, 0.05) is 18.7 Å². The lowest BCUT2D eigenvalue weighted by Gasteiger charge is -2.27. The number of rotatable bonds is 2. The van der Waals surface area contributed by atoms with Crippen LogP contribution in [0.5, 0.6) is 0 Å². The Morgan fingerprint density at radius 3 is 2.52 bits per heavy atom. The van der Waals surface area contributed by atoms with Gasteiger partial charge in [-0.1, -0.05) is 23.8 Å². The van der Waals surface area contributed by atoms with E-state index in [1.54, 1.807) is 0 Å². The smallest absolute Gasteiger partial charge is 0.228 e. The first kappa shape index (κ1) is 17.7. The van der Waals surface area contributed by atoms with E-state index in [4.69, 9.17) is 25.5 Å². The molecule has 1 aliphatic rings. The third kappa shape index (κ3) is 3.23. The molecule has 1 aromatic carbocycles. The fraction of sp³-hybridized carbons (Fsp3) is 0.450. The van der Waals surface area contributed by atoms with E-state index in [0.29, 0.717) is 30.6 Å². The number of ether oxygens (including phenoxy) is 1. The summed E-state index contributed by atoms with van der Waals surface area (Å²) >= 11 is 0. The first-order valence-electron chi connectivity index (χ1n) is 9.31. The normalized spacial score (nSPS) is 15.5. The van der Waals surface area contributed by atoms with Crippen LogP contribution in [-0.2, 0) is 10.3 Å². The molecule has 3 heterocycles. The first-order chi connectivity index (χ1) is 12.8. The highest BCUT2D eigenvalue weighted by molar-refractivity contribution is 5.99. The summed E-state index contributed by atoms with van der Waals surface area (Å²) in [6, 6.07) is 8.30. The summed E-state index contributed by atoms with van der Waals surface area (Å²) in [5.41, 5.74) is 9.94. The van der Waals surface area contributed by atoms with E-state index in [0.717, 1.165) is 29.7 Å². The van der Waals surface area contributed by atoms with Crippen LogP contribution in [0.25, 0.3) is 22.3 Å². The standard InChI is InChI=1S/C20H26N6O/c1-13-6-5-7-14(12-13)16-15-17(21)26(20(2,3)4)24-18(15)23-19(22-16)25-8-10-27-11-9-25/h5-7,12H,8-11,21H2,1-4H3. The Morgan fingerprint density at radius 2 is 1.85 bits per heavy atom. The monoisotopic (exact) mass is 366 g/mol. The lowest BCUT2D eigenvalue weighted by Crippen LogP contribution is -2.37. The van der Waals surface area contributed by atoms with Crippen LogP contribution in [0.3, 0.4) is 0 Å². The zero-order chi connectivity index (χ0) is 19.2. The van der Waals surface area contributed by atoms with Crippen molar-refractivity contribution in [3.05, 3.63) is 29.8 Å². The number of morpholine rings is 1. The molecule has 2 aromatic heterocycles. The van der Waals surface area contributed by atoms with Gasteiger partial charge < -0.3 is 15.4 Å². The molecule has 7 heteroatoms. The van der Waals surface area contributed by atoms with Crippen molar-refractivity contribution in [3.8, 4) is 11.3 Å². The molecule has 142 valence electrons. The molecule has 0 aliphatic carbocycles. The van der Waals surface area contributed by atoms with E-state index in [1.807, 2.05) is 10.7 Å². The molecule has 1 fully saturated rings. The number of aryl methyl sites for hydroxylation is 1. The molecule has 0 amide bonds. The van der Waals surface area contributed by atoms with E-state index < -0.39 is 0 Å². The Bertz CT molecular complexity index is 982. The Morgan fingerprint density at radius 1 is 1.11 bits per heavy atom. The van der Waals surface area contributed by atoms with E-state index >= 15 is 0 Å². The van der Waals surface area contributed by atoms with Gasteiger partial charge in [0.1, 0.15) is 5.82 Å². The lowest BCUT2D eigenvalue weighted by atomic mass is 10.1. The van der Waals surface area contributed by atoms with Crippen LogP contribution in [-0.4, -0.2) is 46.1 Å². The minimum absolute atomic E-state index is 0.242. The van der Waals surface area contributed by atoms with E-state index in [1.165, 1.54) is 5.56 Å². The minimum Gasteiger partial charge on any atom is -0.383 e. The second-order valence-corrected chi connectivity index (χ2v) is 8.01. The molecule has 27 heavy (non-hydrogen) atoms. The van der Waals surface area contributed by atoms with Crippen LogP contribution >= 0.6 is 0 Å². The summed E-state index contributed by atoms with van der Waals surface area (Å²) in [7, 11) is 0. The highest BCUT2D eigenvalue weighted by Gasteiger charge is 2.25. The summed E-state index contributed by atoms with van der Waals surface area (Å²) in [5, 5.41) is 5.54. The van der Waals surface area contributed by atoms with Crippen molar-refractivity contribution in [2.45, 2.75) is 33.2 Å². The fourth-order valence-corrected chi connectivity index (χ4v) is 3.42. The number of aromatic nitrogens is 4. The van der Waals surface area contributed by atoms with Gasteiger partial charge in [-0.15, -0.1) is 5.10 Å². The largest absolute Gasteiger partial charge is 0.383 e. The first-order valence-corrected chi connectivity index (χ1v) is 9.31. The fourth-order valence-electron chi connectivity index (χ4n) is 3.42. The molecule has 2 N–H and O–H groups in total. The number of nitrogen functional groups attached to an aromatic ring is 1. The van der Waals surface area contributed by atoms with Gasteiger partial charge in [0.15, 0.2) is 5.65 Å². The maximum absolute atomic E-state index is 6.52. The predicted octanol–water partition coefficient (Wildman–Crippen LogP) is 2.98. The molecular weight excluding hydrogens is 340 g/mol. The van der Waals surface area contributed by atoms with E-state index in [9.17, 15) is 0 Å². The summed E-state index contributed by atoms with van der Waals surface area (Å²) in [6.45, 7) is 11.2. The highest BCUT2D eigenvalue weighted by atomic mass is 16.5. The van der Waals surface area contributed by atoms with Crippen LogP contribution in [0.2, 0.25) is 0 Å². The van der Waals surface area contributed by atoms with Crippen LogP contribution in [0.4, 0.5) is 11.8 Å². The Hall–Kier alpha value is -2.67. The van der Waals surface area contributed by atoms with Crippen molar-refractivity contribution in [1.82, 2.24) is 19.7 Å². The van der Waals surface area contributed by atoms with Gasteiger partial charge in [-0.3, -0.25) is 0 Å². The number of hydrogen-bond acceptors (Lipinski definition) is 6. The average molecular weight is 366 g/mol. The van der Waals surface area contributed by atoms with Crippen molar-refractivity contribution < 1.29 is 4.74 Å². The number of hydrogen-bond donors (Lipinski definition) is 1. The summed E-state index contributed by atoms with van der Waals surface area (Å²) in [4.78, 5) is 11.8. The lowest BCUT2D eigenvalue weighted by molar-refractivity contribution is 0.122. The highest BCUT2D eigenvalue weighted by Crippen LogP contribution is 2.34. The Balaban J connectivity index is 1.98. The van der Waals surface area contributed by atoms with Gasteiger partial charge in [0.2, 0.25) is 5.95 Å². The molecule has 0 spiro atoms. The van der Waals surface area contributed by atoms with Crippen LogP contribution in [0, 0.1) is 6.92 Å². The molecule has 0 radical (unpaired) electrons. The molecule has 0 unspecified atom stereocenters. The number of nitrogens with zero attached hydrogens (tertiary/aromatic N) is 5. The average Bonchev–Trinajstić information content (AvgIpc) is 2.99. The van der Waals surface area contributed by atoms with Crippen molar-refractivity contribution in [2.24, 2.45) is 0 Å². The third-order valence-electron chi connectivity index (χ3n) is 4.78.